The minimum absolute atomic E-state index is 0.413. The first kappa shape index (κ1) is 12.8. The van der Waals surface area contributed by atoms with Gasteiger partial charge in [0.15, 0.2) is 0 Å². The summed E-state index contributed by atoms with van der Waals surface area (Å²) in [5.74, 6) is 1.04. The molecular formula is C14H18BrNOS. The summed E-state index contributed by atoms with van der Waals surface area (Å²) in [5.41, 5.74) is 0. The molecule has 0 amide bonds. The van der Waals surface area contributed by atoms with Gasteiger partial charge in [-0.05, 0) is 53.6 Å². The van der Waals surface area contributed by atoms with Crippen molar-refractivity contribution in [2.45, 2.75) is 50.6 Å². The molecule has 2 saturated heterocycles. The van der Waals surface area contributed by atoms with Crippen LogP contribution >= 0.6 is 27.3 Å². The number of Topliss-reactive ketones (excluding diaryl/α,β-unsaturated/α-hetero) is 1. The van der Waals surface area contributed by atoms with Crippen LogP contribution in [-0.4, -0.2) is 17.9 Å². The predicted molar refractivity (Wildman–Crippen MR) is 78.0 cm³/mol. The molecule has 2 aliphatic heterocycles. The van der Waals surface area contributed by atoms with E-state index in [1.54, 1.807) is 11.3 Å². The number of hydrogen-bond acceptors (Lipinski definition) is 3. The molecule has 4 heteroatoms. The van der Waals surface area contributed by atoms with Crippen LogP contribution in [0.1, 0.15) is 37.0 Å². The zero-order valence-electron chi connectivity index (χ0n) is 10.3. The molecule has 0 aromatic carbocycles. The van der Waals surface area contributed by atoms with E-state index in [4.69, 9.17) is 0 Å². The molecule has 3 rings (SSSR count). The van der Waals surface area contributed by atoms with Crippen molar-refractivity contribution >= 4 is 33.0 Å². The highest BCUT2D eigenvalue weighted by atomic mass is 79.9. The monoisotopic (exact) mass is 327 g/mol. The van der Waals surface area contributed by atoms with Crippen LogP contribution in [0.5, 0.6) is 0 Å². The Labute approximate surface area is 120 Å². The van der Waals surface area contributed by atoms with E-state index in [1.807, 2.05) is 5.38 Å². The minimum Gasteiger partial charge on any atom is -0.311 e. The van der Waals surface area contributed by atoms with E-state index in [1.165, 1.54) is 30.6 Å². The number of fused-ring (bicyclic) bond motifs is 2. The lowest BCUT2D eigenvalue weighted by molar-refractivity contribution is -0.119. The normalized spacial score (nSPS) is 30.6. The van der Waals surface area contributed by atoms with E-state index in [0.29, 0.717) is 30.2 Å². The Bertz CT molecular complexity index is 433. The average Bonchev–Trinajstić information content (AvgIpc) is 2.85. The van der Waals surface area contributed by atoms with Crippen LogP contribution < -0.4 is 5.32 Å². The number of ketones is 1. The lowest BCUT2D eigenvalue weighted by atomic mass is 9.87. The van der Waals surface area contributed by atoms with Gasteiger partial charge in [0.1, 0.15) is 5.78 Å². The molecule has 0 radical (unpaired) electrons. The molecule has 18 heavy (non-hydrogen) atoms. The standard InChI is InChI=1S/C14H18BrNOS/c15-10-6-14(18-8-10)7-13(17)5-9-3-11-1-2-12(4-9)16-11/h6,8-9,11-12,16H,1-5,7H2. The Morgan fingerprint density at radius 1 is 1.39 bits per heavy atom. The number of halogens is 1. The van der Waals surface area contributed by atoms with Crippen LogP contribution in [0.3, 0.4) is 0 Å². The van der Waals surface area contributed by atoms with Crippen molar-refractivity contribution in [1.29, 1.82) is 0 Å². The zero-order valence-corrected chi connectivity index (χ0v) is 12.7. The molecular weight excluding hydrogens is 310 g/mol. The molecule has 0 spiro atoms. The number of nitrogens with one attached hydrogen (secondary N) is 1. The summed E-state index contributed by atoms with van der Waals surface area (Å²) in [5, 5.41) is 5.68. The summed E-state index contributed by atoms with van der Waals surface area (Å²) < 4.78 is 1.09. The number of carbonyl (C=O) groups excluding carboxylic acids is 1. The second kappa shape index (κ2) is 5.43. The van der Waals surface area contributed by atoms with Crippen molar-refractivity contribution in [1.82, 2.24) is 5.32 Å². The van der Waals surface area contributed by atoms with Gasteiger partial charge in [0, 0.05) is 39.7 Å². The first-order chi connectivity index (χ1) is 8.69. The second-order valence-electron chi connectivity index (χ2n) is 5.63. The Kier molecular flexibility index (Phi) is 3.87. The molecule has 1 aromatic rings. The maximum absolute atomic E-state index is 12.1. The second-order valence-corrected chi connectivity index (χ2v) is 7.54. The molecule has 2 bridgehead atoms. The first-order valence-corrected chi connectivity index (χ1v) is 8.37. The van der Waals surface area contributed by atoms with Crippen molar-refractivity contribution in [2.24, 2.45) is 5.92 Å². The van der Waals surface area contributed by atoms with Gasteiger partial charge < -0.3 is 5.32 Å². The van der Waals surface area contributed by atoms with Gasteiger partial charge in [0.2, 0.25) is 0 Å². The molecule has 0 aliphatic carbocycles. The molecule has 2 fully saturated rings. The van der Waals surface area contributed by atoms with E-state index < -0.39 is 0 Å². The van der Waals surface area contributed by atoms with Crippen molar-refractivity contribution in [3.8, 4) is 0 Å². The third-order valence-corrected chi connectivity index (χ3v) is 5.78. The van der Waals surface area contributed by atoms with E-state index in [9.17, 15) is 4.79 Å². The molecule has 98 valence electrons. The summed E-state index contributed by atoms with van der Waals surface area (Å²) in [6.45, 7) is 0. The minimum atomic E-state index is 0.413. The van der Waals surface area contributed by atoms with Gasteiger partial charge >= 0.3 is 0 Å². The third-order valence-electron chi connectivity index (χ3n) is 4.08. The third kappa shape index (κ3) is 3.03. The molecule has 2 nitrogen and oxygen atoms in total. The summed E-state index contributed by atoms with van der Waals surface area (Å²) in [6.07, 6.45) is 6.44. The Hall–Kier alpha value is -0.190. The Morgan fingerprint density at radius 3 is 2.72 bits per heavy atom. The lowest BCUT2D eigenvalue weighted by Gasteiger charge is -2.28. The predicted octanol–water partition coefficient (Wildman–Crippen LogP) is 3.54. The van der Waals surface area contributed by atoms with Crippen LogP contribution in [0.4, 0.5) is 0 Å². The topological polar surface area (TPSA) is 29.1 Å². The fourth-order valence-electron chi connectivity index (χ4n) is 3.38. The largest absolute Gasteiger partial charge is 0.311 e. The highest BCUT2D eigenvalue weighted by Gasteiger charge is 2.33. The molecule has 0 saturated carbocycles. The summed E-state index contributed by atoms with van der Waals surface area (Å²) in [7, 11) is 0. The summed E-state index contributed by atoms with van der Waals surface area (Å²) in [4.78, 5) is 13.3. The Balaban J connectivity index is 1.52. The summed E-state index contributed by atoms with van der Waals surface area (Å²) >= 11 is 5.11. The van der Waals surface area contributed by atoms with Crippen LogP contribution in [0.25, 0.3) is 0 Å². The fraction of sp³-hybridized carbons (Fsp3) is 0.643. The number of piperidine rings is 1. The highest BCUT2D eigenvalue weighted by Crippen LogP contribution is 2.33. The number of carbonyl (C=O) groups is 1. The molecule has 2 aliphatic rings. The molecule has 2 atom stereocenters. The molecule has 1 N–H and O–H groups in total. The highest BCUT2D eigenvalue weighted by molar-refractivity contribution is 9.10. The maximum Gasteiger partial charge on any atom is 0.138 e. The van der Waals surface area contributed by atoms with Crippen molar-refractivity contribution in [3.05, 3.63) is 20.8 Å². The molecule has 3 heterocycles. The zero-order chi connectivity index (χ0) is 12.5. The van der Waals surface area contributed by atoms with Crippen LogP contribution in [0.15, 0.2) is 15.9 Å². The maximum atomic E-state index is 12.1. The van der Waals surface area contributed by atoms with Crippen molar-refractivity contribution < 1.29 is 4.79 Å². The number of hydrogen-bond donors (Lipinski definition) is 1. The van der Waals surface area contributed by atoms with Crippen LogP contribution in [0.2, 0.25) is 0 Å². The SMILES string of the molecule is O=C(Cc1cc(Br)cs1)CC1CC2CCC(C1)N2. The van der Waals surface area contributed by atoms with Gasteiger partial charge in [-0.1, -0.05) is 0 Å². The first-order valence-electron chi connectivity index (χ1n) is 6.69. The quantitative estimate of drug-likeness (QED) is 0.916. The lowest BCUT2D eigenvalue weighted by Crippen LogP contribution is -2.38. The van der Waals surface area contributed by atoms with Crippen LogP contribution in [0, 0.1) is 5.92 Å². The van der Waals surface area contributed by atoms with Crippen molar-refractivity contribution in [3.63, 3.8) is 0 Å². The van der Waals surface area contributed by atoms with E-state index in [0.717, 1.165) is 10.9 Å². The van der Waals surface area contributed by atoms with Gasteiger partial charge in [-0.25, -0.2) is 0 Å². The molecule has 2 unspecified atom stereocenters. The number of thiophene rings is 1. The Morgan fingerprint density at radius 2 is 2.11 bits per heavy atom. The van der Waals surface area contributed by atoms with E-state index in [2.05, 4.69) is 27.3 Å². The average molecular weight is 328 g/mol. The molecule has 1 aromatic heterocycles. The van der Waals surface area contributed by atoms with E-state index >= 15 is 0 Å². The van der Waals surface area contributed by atoms with Gasteiger partial charge in [-0.2, -0.15) is 0 Å². The van der Waals surface area contributed by atoms with Crippen molar-refractivity contribution in [2.75, 3.05) is 0 Å². The van der Waals surface area contributed by atoms with Gasteiger partial charge in [-0.3, -0.25) is 4.79 Å². The fourth-order valence-corrected chi connectivity index (χ4v) is 4.86. The van der Waals surface area contributed by atoms with Gasteiger partial charge in [-0.15, -0.1) is 11.3 Å². The summed E-state index contributed by atoms with van der Waals surface area (Å²) in [6, 6.07) is 3.45. The smallest absolute Gasteiger partial charge is 0.138 e. The number of rotatable bonds is 4. The van der Waals surface area contributed by atoms with Crippen LogP contribution in [-0.2, 0) is 11.2 Å². The van der Waals surface area contributed by atoms with Gasteiger partial charge in [0.05, 0.1) is 0 Å². The van der Waals surface area contributed by atoms with Gasteiger partial charge in [0.25, 0.3) is 0 Å². The van der Waals surface area contributed by atoms with E-state index in [-0.39, 0.29) is 0 Å².